The average molecular weight is 367 g/mol. The first-order chi connectivity index (χ1) is 13.2. The van der Waals surface area contributed by atoms with Crippen molar-refractivity contribution in [2.24, 2.45) is 0 Å². The molecule has 0 saturated carbocycles. The number of nitrogens with one attached hydrogen (secondary N) is 1. The molecule has 1 atom stereocenters. The van der Waals surface area contributed by atoms with Gasteiger partial charge in [0.15, 0.2) is 0 Å². The molecule has 6 heteroatoms. The van der Waals surface area contributed by atoms with Crippen molar-refractivity contribution in [3.63, 3.8) is 0 Å². The van der Waals surface area contributed by atoms with Crippen LogP contribution in [0.25, 0.3) is 0 Å². The van der Waals surface area contributed by atoms with Crippen LogP contribution in [-0.2, 0) is 4.79 Å². The third kappa shape index (κ3) is 3.90. The summed E-state index contributed by atoms with van der Waals surface area (Å²) < 4.78 is 5.60. The van der Waals surface area contributed by atoms with Gasteiger partial charge in [0, 0.05) is 30.8 Å². The summed E-state index contributed by atoms with van der Waals surface area (Å²) in [6.45, 7) is 3.32. The van der Waals surface area contributed by atoms with Gasteiger partial charge in [-0.05, 0) is 68.8 Å². The first kappa shape index (κ1) is 17.8. The Kier molecular flexibility index (Phi) is 5.25. The number of nitrogens with zero attached hydrogens (tertiary/aromatic N) is 2. The fraction of sp³-hybridized carbons (Fsp3) is 0.429. The van der Waals surface area contributed by atoms with E-state index >= 15 is 0 Å². The summed E-state index contributed by atoms with van der Waals surface area (Å²) in [5, 5.41) is 3.04. The van der Waals surface area contributed by atoms with Gasteiger partial charge < -0.3 is 14.6 Å². The van der Waals surface area contributed by atoms with Crippen LogP contribution in [-0.4, -0.2) is 42.9 Å². The largest absolute Gasteiger partial charge is 0.468 e. The van der Waals surface area contributed by atoms with Gasteiger partial charge >= 0.3 is 0 Å². The van der Waals surface area contributed by atoms with Crippen LogP contribution in [0.1, 0.15) is 47.8 Å². The van der Waals surface area contributed by atoms with Crippen molar-refractivity contribution in [3.8, 4) is 0 Å². The molecule has 2 amide bonds. The van der Waals surface area contributed by atoms with Gasteiger partial charge in [-0.1, -0.05) is 0 Å². The lowest BCUT2D eigenvalue weighted by molar-refractivity contribution is -0.117. The van der Waals surface area contributed by atoms with Crippen molar-refractivity contribution in [3.05, 3.63) is 54.0 Å². The number of benzene rings is 1. The lowest BCUT2D eigenvalue weighted by atomic mass is 10.1. The van der Waals surface area contributed by atoms with Crippen LogP contribution >= 0.6 is 0 Å². The lowest BCUT2D eigenvalue weighted by Crippen LogP contribution is -2.36. The van der Waals surface area contributed by atoms with Crippen LogP contribution in [0.4, 0.5) is 5.69 Å². The molecule has 2 fully saturated rings. The van der Waals surface area contributed by atoms with E-state index in [1.165, 1.54) is 12.8 Å². The predicted octanol–water partition coefficient (Wildman–Crippen LogP) is 2.97. The molecule has 1 aromatic carbocycles. The summed E-state index contributed by atoms with van der Waals surface area (Å²) in [7, 11) is 0. The molecule has 0 bridgehead atoms. The molecule has 1 aromatic heterocycles. The van der Waals surface area contributed by atoms with Crippen molar-refractivity contribution in [2.45, 2.75) is 31.7 Å². The number of likely N-dealkylation sites (tertiary alicyclic amines) is 1. The Morgan fingerprint density at radius 2 is 1.85 bits per heavy atom. The molecule has 6 nitrogen and oxygen atoms in total. The van der Waals surface area contributed by atoms with E-state index in [0.29, 0.717) is 18.5 Å². The van der Waals surface area contributed by atoms with Crippen molar-refractivity contribution >= 4 is 17.5 Å². The standard InChI is InChI=1S/C21H25N3O3/c25-20-6-3-13-24(20)17-9-7-16(8-10-17)21(26)22-15-18(19-5-4-14-27-19)23-11-1-2-12-23/h4-5,7-10,14,18H,1-3,6,11-13,15H2,(H,22,26)/t18-/m1/s1. The highest BCUT2D eigenvalue weighted by molar-refractivity contribution is 5.97. The molecule has 2 saturated heterocycles. The monoisotopic (exact) mass is 367 g/mol. The van der Waals surface area contributed by atoms with Crippen LogP contribution in [0.3, 0.4) is 0 Å². The lowest BCUT2D eigenvalue weighted by Gasteiger charge is -2.26. The minimum atomic E-state index is -0.106. The van der Waals surface area contributed by atoms with E-state index in [9.17, 15) is 9.59 Å². The summed E-state index contributed by atoms with van der Waals surface area (Å²) in [6, 6.07) is 11.2. The number of rotatable bonds is 6. The van der Waals surface area contributed by atoms with Gasteiger partial charge in [-0.25, -0.2) is 0 Å². The maximum absolute atomic E-state index is 12.6. The first-order valence-corrected chi connectivity index (χ1v) is 9.68. The Morgan fingerprint density at radius 3 is 2.48 bits per heavy atom. The summed E-state index contributed by atoms with van der Waals surface area (Å²) in [5.41, 5.74) is 1.46. The van der Waals surface area contributed by atoms with E-state index in [1.807, 2.05) is 24.3 Å². The van der Waals surface area contributed by atoms with Gasteiger partial charge in [0.25, 0.3) is 5.91 Å². The van der Waals surface area contributed by atoms with Crippen LogP contribution in [0.15, 0.2) is 47.1 Å². The highest BCUT2D eigenvalue weighted by Gasteiger charge is 2.26. The molecule has 2 aromatic rings. The molecule has 142 valence electrons. The van der Waals surface area contributed by atoms with Crippen molar-refractivity contribution in [2.75, 3.05) is 31.1 Å². The summed E-state index contributed by atoms with van der Waals surface area (Å²) in [5.74, 6) is 0.934. The molecule has 1 N–H and O–H groups in total. The second-order valence-corrected chi connectivity index (χ2v) is 7.18. The Labute approximate surface area is 159 Å². The third-order valence-corrected chi connectivity index (χ3v) is 5.42. The van der Waals surface area contributed by atoms with E-state index in [-0.39, 0.29) is 17.9 Å². The Bertz CT molecular complexity index is 780. The second-order valence-electron chi connectivity index (χ2n) is 7.18. The van der Waals surface area contributed by atoms with E-state index in [2.05, 4.69) is 10.2 Å². The van der Waals surface area contributed by atoms with E-state index in [0.717, 1.165) is 37.5 Å². The molecule has 2 aliphatic rings. The molecule has 0 spiro atoms. The third-order valence-electron chi connectivity index (χ3n) is 5.42. The van der Waals surface area contributed by atoms with Crippen molar-refractivity contribution in [1.82, 2.24) is 10.2 Å². The quantitative estimate of drug-likeness (QED) is 0.852. The van der Waals surface area contributed by atoms with Crippen molar-refractivity contribution < 1.29 is 14.0 Å². The zero-order chi connectivity index (χ0) is 18.6. The Balaban J connectivity index is 1.39. The summed E-state index contributed by atoms with van der Waals surface area (Å²) in [4.78, 5) is 28.6. The van der Waals surface area contributed by atoms with E-state index < -0.39 is 0 Å². The SMILES string of the molecule is O=C(NC[C@H](c1ccco1)N1CCCC1)c1ccc(N2CCCC2=O)cc1. The molecule has 0 unspecified atom stereocenters. The number of anilines is 1. The Hall–Kier alpha value is -2.60. The first-order valence-electron chi connectivity index (χ1n) is 9.68. The highest BCUT2D eigenvalue weighted by atomic mass is 16.3. The maximum Gasteiger partial charge on any atom is 0.251 e. The maximum atomic E-state index is 12.6. The molecular formula is C21H25N3O3. The normalized spacial score (nSPS) is 18.8. The van der Waals surface area contributed by atoms with Crippen LogP contribution in [0.2, 0.25) is 0 Å². The Morgan fingerprint density at radius 1 is 1.07 bits per heavy atom. The molecule has 3 heterocycles. The zero-order valence-corrected chi connectivity index (χ0v) is 15.4. The van der Waals surface area contributed by atoms with Gasteiger partial charge in [-0.3, -0.25) is 14.5 Å². The van der Waals surface area contributed by atoms with Crippen LogP contribution < -0.4 is 10.2 Å². The van der Waals surface area contributed by atoms with Gasteiger partial charge in [-0.15, -0.1) is 0 Å². The van der Waals surface area contributed by atoms with E-state index in [1.54, 1.807) is 23.3 Å². The smallest absolute Gasteiger partial charge is 0.251 e. The predicted molar refractivity (Wildman–Crippen MR) is 103 cm³/mol. The second kappa shape index (κ2) is 7.96. The van der Waals surface area contributed by atoms with Gasteiger partial charge in [-0.2, -0.15) is 0 Å². The number of hydrogen-bond donors (Lipinski definition) is 1. The van der Waals surface area contributed by atoms with Crippen LogP contribution in [0, 0.1) is 0 Å². The fourth-order valence-corrected chi connectivity index (χ4v) is 3.95. The number of carbonyl (C=O) groups excluding carboxylic acids is 2. The molecule has 0 aliphatic carbocycles. The number of hydrogen-bond acceptors (Lipinski definition) is 4. The molecule has 2 aliphatic heterocycles. The van der Waals surface area contributed by atoms with Gasteiger partial charge in [0.2, 0.25) is 5.91 Å². The topological polar surface area (TPSA) is 65.8 Å². The summed E-state index contributed by atoms with van der Waals surface area (Å²) >= 11 is 0. The molecule has 0 radical (unpaired) electrons. The van der Waals surface area contributed by atoms with Gasteiger partial charge in [0.1, 0.15) is 5.76 Å². The minimum Gasteiger partial charge on any atom is -0.468 e. The number of amides is 2. The number of carbonyl (C=O) groups is 2. The van der Waals surface area contributed by atoms with Crippen molar-refractivity contribution in [1.29, 1.82) is 0 Å². The number of furan rings is 1. The van der Waals surface area contributed by atoms with Gasteiger partial charge in [0.05, 0.1) is 12.3 Å². The fourth-order valence-electron chi connectivity index (χ4n) is 3.95. The zero-order valence-electron chi connectivity index (χ0n) is 15.4. The average Bonchev–Trinajstić information content (AvgIpc) is 3.45. The van der Waals surface area contributed by atoms with E-state index in [4.69, 9.17) is 4.42 Å². The highest BCUT2D eigenvalue weighted by Crippen LogP contribution is 2.25. The van der Waals surface area contributed by atoms with Crippen LogP contribution in [0.5, 0.6) is 0 Å². The molecular weight excluding hydrogens is 342 g/mol. The summed E-state index contributed by atoms with van der Waals surface area (Å²) in [6.07, 6.45) is 5.54. The molecule has 4 rings (SSSR count). The minimum absolute atomic E-state index is 0.0629. The molecule has 27 heavy (non-hydrogen) atoms.